The summed E-state index contributed by atoms with van der Waals surface area (Å²) >= 11 is 3.42. The van der Waals surface area contributed by atoms with Gasteiger partial charge in [-0.1, -0.05) is 12.1 Å². The van der Waals surface area contributed by atoms with E-state index in [1.165, 1.54) is 5.56 Å². The van der Waals surface area contributed by atoms with Crippen molar-refractivity contribution >= 4 is 15.9 Å². The Labute approximate surface area is 61.8 Å². The van der Waals surface area contributed by atoms with E-state index in [1.54, 1.807) is 0 Å². The van der Waals surface area contributed by atoms with Crippen molar-refractivity contribution in [1.82, 2.24) is 0 Å². The second kappa shape index (κ2) is 1.74. The molecule has 0 saturated carbocycles. The summed E-state index contributed by atoms with van der Waals surface area (Å²) in [5.74, 6) is 0.965. The molecule has 0 radical (unpaired) electrons. The smallest absolute Gasteiger partial charge is 0.134 e. The molecule has 0 amide bonds. The number of hydrogen-bond donors (Lipinski definition) is 0. The van der Waals surface area contributed by atoms with E-state index in [1.807, 2.05) is 12.1 Å². The van der Waals surface area contributed by atoms with Crippen molar-refractivity contribution < 1.29 is 4.74 Å². The lowest BCUT2D eigenvalue weighted by atomic mass is 10.2. The molecule has 0 spiro atoms. The molecule has 1 aromatic rings. The third kappa shape index (κ3) is 0.663. The molecule has 2 heteroatoms. The van der Waals surface area contributed by atoms with Crippen LogP contribution in [0, 0.1) is 0 Å². The van der Waals surface area contributed by atoms with Crippen LogP contribution in [0.2, 0.25) is 0 Å². The van der Waals surface area contributed by atoms with Gasteiger partial charge in [0.05, 0.1) is 4.47 Å². The molecular weight excluding hydrogens is 180 g/mol. The molecule has 46 valence electrons. The van der Waals surface area contributed by atoms with E-state index in [-0.39, 0.29) is 0 Å². The molecule has 9 heavy (non-hydrogen) atoms. The van der Waals surface area contributed by atoms with Crippen LogP contribution in [0.15, 0.2) is 22.7 Å². The number of halogens is 1. The lowest BCUT2D eigenvalue weighted by molar-refractivity contribution is 0.327. The normalized spacial score (nSPS) is 13.4. The molecule has 0 unspecified atom stereocenters. The summed E-state index contributed by atoms with van der Waals surface area (Å²) in [4.78, 5) is 0. The van der Waals surface area contributed by atoms with Gasteiger partial charge >= 0.3 is 0 Å². The number of hydrogen-bond acceptors (Lipinski definition) is 1. The van der Waals surface area contributed by atoms with Crippen LogP contribution in [0.1, 0.15) is 5.56 Å². The van der Waals surface area contributed by atoms with Crippen molar-refractivity contribution in [3.8, 4) is 5.75 Å². The molecule has 1 aromatic carbocycles. The molecule has 0 aliphatic carbocycles. The maximum absolute atomic E-state index is 5.27. The fourth-order valence-corrected chi connectivity index (χ4v) is 1.43. The highest BCUT2D eigenvalue weighted by molar-refractivity contribution is 9.10. The van der Waals surface area contributed by atoms with Gasteiger partial charge < -0.3 is 4.74 Å². The predicted molar refractivity (Wildman–Crippen MR) is 38.5 cm³/mol. The first-order valence-electron chi connectivity index (χ1n) is 2.78. The van der Waals surface area contributed by atoms with Gasteiger partial charge in [-0.25, -0.2) is 0 Å². The Morgan fingerprint density at radius 2 is 2.33 bits per heavy atom. The molecule has 0 atom stereocenters. The first-order valence-corrected chi connectivity index (χ1v) is 3.57. The van der Waals surface area contributed by atoms with Crippen LogP contribution in [0.4, 0.5) is 0 Å². The van der Waals surface area contributed by atoms with Crippen LogP contribution >= 0.6 is 15.9 Å². The molecular formula is C7H5BrO. The largest absolute Gasteiger partial charge is 0.488 e. The summed E-state index contributed by atoms with van der Waals surface area (Å²) in [6, 6.07) is 6.02. The Kier molecular flexibility index (Phi) is 1.02. The summed E-state index contributed by atoms with van der Waals surface area (Å²) in [7, 11) is 0. The SMILES string of the molecule is Brc1c2cccc1OC2. The van der Waals surface area contributed by atoms with E-state index >= 15 is 0 Å². The van der Waals surface area contributed by atoms with Gasteiger partial charge in [0.1, 0.15) is 12.4 Å². The fraction of sp³-hybridized carbons (Fsp3) is 0.143. The standard InChI is InChI=1S/C7H5BrO/c8-7-5-2-1-3-6(7)9-4-5/h1-3H,4H2. The lowest BCUT2D eigenvalue weighted by Crippen LogP contribution is -1.81. The molecule has 2 rings (SSSR count). The average Bonchev–Trinajstić information content (AvgIpc) is 2.19. The van der Waals surface area contributed by atoms with E-state index in [0.29, 0.717) is 0 Å². The van der Waals surface area contributed by atoms with Crippen LogP contribution in [0.5, 0.6) is 5.75 Å². The van der Waals surface area contributed by atoms with Gasteiger partial charge in [0, 0.05) is 5.56 Å². The zero-order valence-corrected chi connectivity index (χ0v) is 6.31. The molecule has 1 heterocycles. The van der Waals surface area contributed by atoms with Crippen molar-refractivity contribution in [1.29, 1.82) is 0 Å². The second-order valence-electron chi connectivity index (χ2n) is 2.02. The molecule has 2 bridgehead atoms. The third-order valence-electron chi connectivity index (χ3n) is 1.43. The maximum atomic E-state index is 5.27. The number of fused-ring (bicyclic) bond motifs is 2. The van der Waals surface area contributed by atoms with Gasteiger partial charge in [0.15, 0.2) is 0 Å². The highest BCUT2D eigenvalue weighted by Crippen LogP contribution is 2.34. The van der Waals surface area contributed by atoms with Crippen molar-refractivity contribution in [3.63, 3.8) is 0 Å². The molecule has 1 aliphatic rings. The fourth-order valence-electron chi connectivity index (χ4n) is 0.935. The minimum absolute atomic E-state index is 0.725. The summed E-state index contributed by atoms with van der Waals surface area (Å²) < 4.78 is 6.38. The van der Waals surface area contributed by atoms with Crippen molar-refractivity contribution in [2.75, 3.05) is 0 Å². The zero-order valence-electron chi connectivity index (χ0n) is 4.73. The minimum atomic E-state index is 0.725. The number of benzene rings is 1. The Balaban J connectivity index is 2.71. The van der Waals surface area contributed by atoms with Gasteiger partial charge in [-0.05, 0) is 22.0 Å². The Bertz CT molecular complexity index is 222. The van der Waals surface area contributed by atoms with Gasteiger partial charge in [-0.3, -0.25) is 0 Å². The van der Waals surface area contributed by atoms with Crippen molar-refractivity contribution in [2.24, 2.45) is 0 Å². The Morgan fingerprint density at radius 3 is 3.00 bits per heavy atom. The van der Waals surface area contributed by atoms with Crippen LogP contribution < -0.4 is 4.74 Å². The van der Waals surface area contributed by atoms with Gasteiger partial charge in [0.25, 0.3) is 0 Å². The number of ether oxygens (including phenoxy) is 1. The van der Waals surface area contributed by atoms with Gasteiger partial charge in [0.2, 0.25) is 0 Å². The van der Waals surface area contributed by atoms with Crippen LogP contribution in [0.25, 0.3) is 0 Å². The maximum Gasteiger partial charge on any atom is 0.134 e. The number of rotatable bonds is 0. The first kappa shape index (κ1) is 5.30. The molecule has 1 nitrogen and oxygen atoms in total. The molecule has 0 N–H and O–H groups in total. The summed E-state index contributed by atoms with van der Waals surface area (Å²) in [5, 5.41) is 0. The second-order valence-corrected chi connectivity index (χ2v) is 2.81. The first-order chi connectivity index (χ1) is 4.38. The van der Waals surface area contributed by atoms with Crippen LogP contribution in [-0.2, 0) is 6.61 Å². The highest BCUT2D eigenvalue weighted by atomic mass is 79.9. The summed E-state index contributed by atoms with van der Waals surface area (Å²) in [6.07, 6.45) is 0. The summed E-state index contributed by atoms with van der Waals surface area (Å²) in [5.41, 5.74) is 1.24. The topological polar surface area (TPSA) is 9.23 Å². The minimum Gasteiger partial charge on any atom is -0.488 e. The molecule has 1 aliphatic heterocycles. The Morgan fingerprint density at radius 1 is 1.44 bits per heavy atom. The van der Waals surface area contributed by atoms with E-state index in [4.69, 9.17) is 4.74 Å². The van der Waals surface area contributed by atoms with Gasteiger partial charge in [-0.15, -0.1) is 0 Å². The predicted octanol–water partition coefficient (Wildman–Crippen LogP) is 2.34. The quantitative estimate of drug-likeness (QED) is 0.602. The summed E-state index contributed by atoms with van der Waals surface area (Å²) in [6.45, 7) is 0.725. The zero-order chi connectivity index (χ0) is 6.27. The molecule has 0 aromatic heterocycles. The van der Waals surface area contributed by atoms with Crippen LogP contribution in [-0.4, -0.2) is 0 Å². The van der Waals surface area contributed by atoms with Crippen LogP contribution in [0.3, 0.4) is 0 Å². The van der Waals surface area contributed by atoms with Gasteiger partial charge in [-0.2, -0.15) is 0 Å². The van der Waals surface area contributed by atoms with E-state index < -0.39 is 0 Å². The average molecular weight is 185 g/mol. The van der Waals surface area contributed by atoms with E-state index in [9.17, 15) is 0 Å². The van der Waals surface area contributed by atoms with E-state index in [0.717, 1.165) is 16.8 Å². The lowest BCUT2D eigenvalue weighted by Gasteiger charge is -1.90. The van der Waals surface area contributed by atoms with Crippen molar-refractivity contribution in [3.05, 3.63) is 28.2 Å². The molecule has 0 fully saturated rings. The van der Waals surface area contributed by atoms with E-state index in [2.05, 4.69) is 22.0 Å². The molecule has 0 saturated heterocycles. The highest BCUT2D eigenvalue weighted by Gasteiger charge is 2.13. The van der Waals surface area contributed by atoms with Crippen molar-refractivity contribution in [2.45, 2.75) is 6.61 Å². The Hall–Kier alpha value is -0.500. The third-order valence-corrected chi connectivity index (χ3v) is 2.33. The monoisotopic (exact) mass is 184 g/mol.